The molecule has 0 unspecified atom stereocenters. The monoisotopic (exact) mass is 752 g/mol. The number of ether oxygens (including phenoxy) is 4. The van der Waals surface area contributed by atoms with Gasteiger partial charge < -0.3 is 56.2 Å². The van der Waals surface area contributed by atoms with Crippen LogP contribution in [-0.4, -0.2) is 103 Å². The summed E-state index contributed by atoms with van der Waals surface area (Å²) in [5.74, 6) is 0.166. The smallest absolute Gasteiger partial charge is 0.374 e. The minimum absolute atomic E-state index is 0.0982. The van der Waals surface area contributed by atoms with Crippen molar-refractivity contribution in [3.8, 4) is 0 Å². The fourth-order valence-corrected chi connectivity index (χ4v) is 5.95. The molecule has 0 aliphatic carbocycles. The van der Waals surface area contributed by atoms with Crippen molar-refractivity contribution in [2.45, 2.75) is 40.5 Å². The van der Waals surface area contributed by atoms with Crippen LogP contribution in [0, 0.1) is 0 Å². The molecule has 5 heterocycles. The first-order valence-electron chi connectivity index (χ1n) is 18.3. The molecule has 0 saturated carbocycles. The zero-order chi connectivity index (χ0) is 38.5. The molecular formula is C38H48N4O12. The first-order chi connectivity index (χ1) is 26.2. The van der Waals surface area contributed by atoms with E-state index < -0.39 is 23.9 Å². The van der Waals surface area contributed by atoms with Gasteiger partial charge in [0.1, 0.15) is 0 Å². The van der Waals surface area contributed by atoms with E-state index in [1.165, 1.54) is 0 Å². The van der Waals surface area contributed by atoms with E-state index in [0.717, 1.165) is 0 Å². The molecule has 16 nitrogen and oxygen atoms in total. The van der Waals surface area contributed by atoms with Crippen LogP contribution >= 0.6 is 0 Å². The summed E-state index contributed by atoms with van der Waals surface area (Å²) < 4.78 is 44.5. The molecule has 0 spiro atoms. The number of anilines is 4. The van der Waals surface area contributed by atoms with Gasteiger partial charge >= 0.3 is 23.9 Å². The zero-order valence-electron chi connectivity index (χ0n) is 31.2. The molecule has 16 heteroatoms. The Balaban J connectivity index is 1.45. The van der Waals surface area contributed by atoms with Crippen LogP contribution in [0.3, 0.4) is 0 Å². The lowest BCUT2D eigenvalue weighted by Crippen LogP contribution is -2.41. The summed E-state index contributed by atoms with van der Waals surface area (Å²) >= 11 is 0. The second kappa shape index (κ2) is 19.3. The van der Waals surface area contributed by atoms with Crippen LogP contribution in [0.15, 0.2) is 66.2 Å². The van der Waals surface area contributed by atoms with E-state index >= 15 is 0 Å². The third-order valence-corrected chi connectivity index (χ3v) is 8.51. The van der Waals surface area contributed by atoms with Gasteiger partial charge in [-0.25, -0.2) is 19.2 Å². The number of nitrogens with zero attached hydrogens (tertiary/aromatic N) is 4. The molecule has 292 valence electrons. The SMILES string of the molecule is CCOC(=O)c1ccc(N2CCCN(c3ccc(C(=O)OCC)o3)CCN(c3ccc(C(=O)OCC)o3)CCCN(c3ccc(C(=O)OCC)o3)CC2)o1. The Morgan fingerprint density at radius 2 is 0.630 bits per heavy atom. The number of esters is 4. The highest BCUT2D eigenvalue weighted by molar-refractivity contribution is 5.88. The third kappa shape index (κ3) is 10.2. The summed E-state index contributed by atoms with van der Waals surface area (Å²) in [6.07, 6.45) is 1.23. The molecule has 0 amide bonds. The molecule has 5 rings (SSSR count). The molecular weight excluding hydrogens is 704 g/mol. The molecule has 0 aromatic carbocycles. The molecule has 0 radical (unpaired) electrons. The van der Waals surface area contributed by atoms with Crippen LogP contribution in [0.25, 0.3) is 0 Å². The molecule has 1 fully saturated rings. The van der Waals surface area contributed by atoms with Crippen LogP contribution < -0.4 is 19.6 Å². The Hall–Kier alpha value is -5.80. The van der Waals surface area contributed by atoms with Gasteiger partial charge in [-0.2, -0.15) is 0 Å². The molecule has 4 aromatic heterocycles. The van der Waals surface area contributed by atoms with E-state index in [2.05, 4.69) is 0 Å². The van der Waals surface area contributed by atoms with Gasteiger partial charge in [0.25, 0.3) is 0 Å². The van der Waals surface area contributed by atoms with Gasteiger partial charge in [0.2, 0.25) is 23.0 Å². The van der Waals surface area contributed by atoms with E-state index in [-0.39, 0.29) is 49.5 Å². The maximum Gasteiger partial charge on any atom is 0.374 e. The minimum Gasteiger partial charge on any atom is -0.460 e. The molecule has 1 aliphatic rings. The van der Waals surface area contributed by atoms with E-state index in [1.807, 2.05) is 19.6 Å². The van der Waals surface area contributed by atoms with Crippen molar-refractivity contribution in [2.24, 2.45) is 0 Å². The first kappa shape index (κ1) is 39.4. The maximum absolute atomic E-state index is 12.5. The average molecular weight is 753 g/mol. The fourth-order valence-electron chi connectivity index (χ4n) is 5.95. The predicted molar refractivity (Wildman–Crippen MR) is 197 cm³/mol. The van der Waals surface area contributed by atoms with Gasteiger partial charge in [-0.3, -0.25) is 0 Å². The summed E-state index contributed by atoms with van der Waals surface area (Å²) in [6.45, 7) is 11.7. The number of rotatable bonds is 12. The number of furan rings is 4. The van der Waals surface area contributed by atoms with Crippen LogP contribution in [-0.2, 0) is 18.9 Å². The normalized spacial score (nSPS) is 14.7. The lowest BCUT2D eigenvalue weighted by Gasteiger charge is -2.32. The van der Waals surface area contributed by atoms with Crippen LogP contribution in [0.2, 0.25) is 0 Å². The van der Waals surface area contributed by atoms with Crippen molar-refractivity contribution < 1.29 is 55.8 Å². The Morgan fingerprint density at radius 1 is 0.407 bits per heavy atom. The molecule has 54 heavy (non-hydrogen) atoms. The quantitative estimate of drug-likeness (QED) is 0.124. The number of hydrogen-bond donors (Lipinski definition) is 0. The Kier molecular flexibility index (Phi) is 14.1. The van der Waals surface area contributed by atoms with E-state index in [0.29, 0.717) is 88.7 Å². The minimum atomic E-state index is -0.550. The average Bonchev–Trinajstić information content (AvgIpc) is 4.00. The third-order valence-electron chi connectivity index (χ3n) is 8.51. The van der Waals surface area contributed by atoms with Gasteiger partial charge in [-0.1, -0.05) is 0 Å². The van der Waals surface area contributed by atoms with Crippen molar-refractivity contribution in [1.29, 1.82) is 0 Å². The summed E-state index contributed by atoms with van der Waals surface area (Å²) in [6, 6.07) is 13.4. The number of hydrogen-bond acceptors (Lipinski definition) is 16. The highest BCUT2D eigenvalue weighted by atomic mass is 16.6. The lowest BCUT2D eigenvalue weighted by atomic mass is 10.2. The highest BCUT2D eigenvalue weighted by Gasteiger charge is 2.24. The van der Waals surface area contributed by atoms with Crippen molar-refractivity contribution >= 4 is 47.4 Å². The molecule has 4 aromatic rings. The van der Waals surface area contributed by atoms with Crippen molar-refractivity contribution in [2.75, 3.05) is 98.4 Å². The van der Waals surface area contributed by atoms with E-state index in [1.54, 1.807) is 76.2 Å². The largest absolute Gasteiger partial charge is 0.460 e. The standard InChI is InChI=1S/C38H48N4O12/c1-5-47-35(43)27-11-15-31(51-27)39-19-9-20-41(33-17-13-29(53-33)37(45)49-7-3)25-26-42(34-18-14-30(54-34)38(46)50-8-4)22-10-21-40(24-23-39)32-16-12-28(52-32)36(44)48-6-2/h11-18H,5-10,19-26H2,1-4H3. The Labute approximate surface area is 313 Å². The van der Waals surface area contributed by atoms with Gasteiger partial charge in [-0.15, -0.1) is 0 Å². The summed E-state index contributed by atoms with van der Waals surface area (Å²) in [4.78, 5) is 58.0. The summed E-state index contributed by atoms with van der Waals surface area (Å²) in [7, 11) is 0. The Morgan fingerprint density at radius 3 is 0.833 bits per heavy atom. The second-order valence-electron chi connectivity index (χ2n) is 12.1. The van der Waals surface area contributed by atoms with Gasteiger partial charge in [-0.05, 0) is 64.8 Å². The van der Waals surface area contributed by atoms with Crippen molar-refractivity contribution in [1.82, 2.24) is 0 Å². The fraction of sp³-hybridized carbons (Fsp3) is 0.474. The van der Waals surface area contributed by atoms with Crippen LogP contribution in [0.4, 0.5) is 23.5 Å². The summed E-state index contributed by atoms with van der Waals surface area (Å²) in [5.41, 5.74) is 0. The van der Waals surface area contributed by atoms with Gasteiger partial charge in [0, 0.05) is 76.6 Å². The molecule has 0 N–H and O–H groups in total. The van der Waals surface area contributed by atoms with Crippen LogP contribution in [0.1, 0.15) is 82.8 Å². The van der Waals surface area contributed by atoms with Gasteiger partial charge in [0.05, 0.1) is 26.4 Å². The Bertz CT molecular complexity index is 1560. The molecule has 0 atom stereocenters. The predicted octanol–water partition coefficient (Wildman–Crippen LogP) is 5.89. The first-order valence-corrected chi connectivity index (χ1v) is 18.3. The number of carbonyl (C=O) groups excluding carboxylic acids is 4. The highest BCUT2D eigenvalue weighted by Crippen LogP contribution is 2.26. The molecule has 0 bridgehead atoms. The summed E-state index contributed by atoms with van der Waals surface area (Å²) in [5, 5.41) is 0. The van der Waals surface area contributed by atoms with Gasteiger partial charge in [0.15, 0.2) is 23.5 Å². The molecule has 1 saturated heterocycles. The van der Waals surface area contributed by atoms with E-state index in [9.17, 15) is 19.2 Å². The maximum atomic E-state index is 12.5. The van der Waals surface area contributed by atoms with E-state index in [4.69, 9.17) is 36.6 Å². The van der Waals surface area contributed by atoms with Crippen molar-refractivity contribution in [3.05, 3.63) is 71.6 Å². The lowest BCUT2D eigenvalue weighted by molar-refractivity contribution is 0.0482. The zero-order valence-corrected chi connectivity index (χ0v) is 31.2. The second-order valence-corrected chi connectivity index (χ2v) is 12.1. The van der Waals surface area contributed by atoms with Crippen molar-refractivity contribution in [3.63, 3.8) is 0 Å². The molecule has 1 aliphatic heterocycles. The number of carbonyl (C=O) groups is 4. The van der Waals surface area contributed by atoms with Crippen LogP contribution in [0.5, 0.6) is 0 Å². The topological polar surface area (TPSA) is 171 Å².